The minimum Gasteiger partial charge on any atom is -0.315 e. The number of nitrogens with zero attached hydrogens (tertiary/aromatic N) is 1. The number of rotatable bonds is 8. The summed E-state index contributed by atoms with van der Waals surface area (Å²) >= 11 is 0. The Hall–Kier alpha value is -0.0800. The molecule has 0 amide bonds. The molecule has 2 rings (SSSR count). The fraction of sp³-hybridized carbons (Fsp3) is 1.00. The average molecular weight is 238 g/mol. The van der Waals surface area contributed by atoms with Crippen molar-refractivity contribution in [3.63, 3.8) is 0 Å². The van der Waals surface area contributed by atoms with Gasteiger partial charge in [0.25, 0.3) is 0 Å². The van der Waals surface area contributed by atoms with E-state index in [1.807, 2.05) is 0 Å². The van der Waals surface area contributed by atoms with Crippen molar-refractivity contribution in [2.24, 2.45) is 11.8 Å². The monoisotopic (exact) mass is 238 g/mol. The van der Waals surface area contributed by atoms with Gasteiger partial charge in [-0.1, -0.05) is 19.8 Å². The molecule has 100 valence electrons. The summed E-state index contributed by atoms with van der Waals surface area (Å²) in [7, 11) is 2.16. The van der Waals surface area contributed by atoms with Crippen LogP contribution in [-0.4, -0.2) is 37.6 Å². The van der Waals surface area contributed by atoms with E-state index in [0.717, 1.165) is 17.9 Å². The first-order valence-electron chi connectivity index (χ1n) is 7.73. The Bertz CT molecular complexity index is 207. The van der Waals surface area contributed by atoms with Crippen LogP contribution in [0.15, 0.2) is 0 Å². The van der Waals surface area contributed by atoms with Crippen LogP contribution in [0, 0.1) is 11.8 Å². The van der Waals surface area contributed by atoms with E-state index in [0.29, 0.717) is 0 Å². The molecule has 0 aromatic heterocycles. The Morgan fingerprint density at radius 1 is 1.18 bits per heavy atom. The first kappa shape index (κ1) is 13.4. The molecule has 1 N–H and O–H groups in total. The summed E-state index contributed by atoms with van der Waals surface area (Å²) in [6.45, 7) is 6.25. The van der Waals surface area contributed by atoms with Gasteiger partial charge in [-0.2, -0.15) is 0 Å². The van der Waals surface area contributed by atoms with Crippen molar-refractivity contribution in [2.45, 2.75) is 57.9 Å². The highest BCUT2D eigenvalue weighted by molar-refractivity contribution is 4.84. The normalized spacial score (nSPS) is 23.5. The van der Waals surface area contributed by atoms with Gasteiger partial charge in [0.15, 0.2) is 0 Å². The lowest BCUT2D eigenvalue weighted by Gasteiger charge is -2.30. The molecule has 0 radical (unpaired) electrons. The number of hydrogen-bond acceptors (Lipinski definition) is 2. The minimum atomic E-state index is 0.739. The molecule has 0 aromatic carbocycles. The van der Waals surface area contributed by atoms with Gasteiger partial charge in [0.1, 0.15) is 0 Å². The molecule has 2 aliphatic carbocycles. The standard InChI is InChI=1S/C15H30N2/c1-3-10-17(11-13-8-9-13)12-15(16-2)14-6-4-5-7-14/h13-16H,3-12H2,1-2H3. The van der Waals surface area contributed by atoms with Crippen molar-refractivity contribution in [1.82, 2.24) is 10.2 Å². The van der Waals surface area contributed by atoms with E-state index in [1.54, 1.807) is 0 Å². The van der Waals surface area contributed by atoms with Crippen LogP contribution in [0.3, 0.4) is 0 Å². The molecule has 2 nitrogen and oxygen atoms in total. The van der Waals surface area contributed by atoms with E-state index < -0.39 is 0 Å². The van der Waals surface area contributed by atoms with Gasteiger partial charge in [-0.05, 0) is 57.5 Å². The Kier molecular flexibility index (Phi) is 5.30. The highest BCUT2D eigenvalue weighted by Gasteiger charge is 2.28. The lowest BCUT2D eigenvalue weighted by atomic mass is 9.97. The average Bonchev–Trinajstić information content (AvgIpc) is 2.97. The molecular weight excluding hydrogens is 208 g/mol. The van der Waals surface area contributed by atoms with Crippen LogP contribution in [0.2, 0.25) is 0 Å². The second-order valence-electron chi connectivity index (χ2n) is 6.14. The smallest absolute Gasteiger partial charge is 0.0220 e. The maximum atomic E-state index is 3.58. The second-order valence-corrected chi connectivity index (χ2v) is 6.14. The zero-order valence-corrected chi connectivity index (χ0v) is 11.8. The predicted octanol–water partition coefficient (Wildman–Crippen LogP) is 2.89. The molecule has 2 heteroatoms. The van der Waals surface area contributed by atoms with Crippen LogP contribution < -0.4 is 5.32 Å². The second kappa shape index (κ2) is 6.75. The van der Waals surface area contributed by atoms with Gasteiger partial charge >= 0.3 is 0 Å². The number of nitrogens with one attached hydrogen (secondary N) is 1. The van der Waals surface area contributed by atoms with Crippen molar-refractivity contribution in [3.05, 3.63) is 0 Å². The van der Waals surface area contributed by atoms with Crippen LogP contribution in [0.25, 0.3) is 0 Å². The van der Waals surface area contributed by atoms with Crippen LogP contribution in [0.1, 0.15) is 51.9 Å². The summed E-state index contributed by atoms with van der Waals surface area (Å²) in [5.41, 5.74) is 0. The molecular formula is C15H30N2. The molecule has 0 spiro atoms. The van der Waals surface area contributed by atoms with E-state index in [-0.39, 0.29) is 0 Å². The Morgan fingerprint density at radius 3 is 2.41 bits per heavy atom. The third-order valence-electron chi connectivity index (χ3n) is 4.55. The summed E-state index contributed by atoms with van der Waals surface area (Å²) < 4.78 is 0. The van der Waals surface area contributed by atoms with Gasteiger partial charge in [0.2, 0.25) is 0 Å². The largest absolute Gasteiger partial charge is 0.315 e. The van der Waals surface area contributed by atoms with E-state index in [9.17, 15) is 0 Å². The third kappa shape index (κ3) is 4.26. The minimum absolute atomic E-state index is 0.739. The zero-order valence-electron chi connectivity index (χ0n) is 11.8. The summed E-state index contributed by atoms with van der Waals surface area (Å²) in [6.07, 6.45) is 10.1. The van der Waals surface area contributed by atoms with Crippen molar-refractivity contribution in [2.75, 3.05) is 26.7 Å². The fourth-order valence-corrected chi connectivity index (χ4v) is 3.35. The van der Waals surface area contributed by atoms with E-state index >= 15 is 0 Å². The van der Waals surface area contributed by atoms with Crippen molar-refractivity contribution in [1.29, 1.82) is 0 Å². The first-order valence-corrected chi connectivity index (χ1v) is 7.73. The van der Waals surface area contributed by atoms with Gasteiger partial charge in [-0.3, -0.25) is 0 Å². The van der Waals surface area contributed by atoms with Gasteiger partial charge in [0.05, 0.1) is 0 Å². The highest BCUT2D eigenvalue weighted by Crippen LogP contribution is 2.31. The van der Waals surface area contributed by atoms with Crippen molar-refractivity contribution < 1.29 is 0 Å². The van der Waals surface area contributed by atoms with Gasteiger partial charge < -0.3 is 10.2 Å². The molecule has 1 unspecified atom stereocenters. The SMILES string of the molecule is CCCN(CC1CC1)CC(NC)C1CCCC1. The Balaban J connectivity index is 1.79. The van der Waals surface area contributed by atoms with Crippen LogP contribution in [0.4, 0.5) is 0 Å². The lowest BCUT2D eigenvalue weighted by molar-refractivity contribution is 0.206. The molecule has 17 heavy (non-hydrogen) atoms. The highest BCUT2D eigenvalue weighted by atomic mass is 15.2. The Labute approximate surface area is 107 Å². The zero-order chi connectivity index (χ0) is 12.1. The fourth-order valence-electron chi connectivity index (χ4n) is 3.35. The maximum Gasteiger partial charge on any atom is 0.0220 e. The van der Waals surface area contributed by atoms with Gasteiger partial charge in [-0.15, -0.1) is 0 Å². The molecule has 0 bridgehead atoms. The molecule has 0 aliphatic heterocycles. The van der Waals surface area contributed by atoms with E-state index in [1.165, 1.54) is 64.6 Å². The van der Waals surface area contributed by atoms with Gasteiger partial charge in [0, 0.05) is 19.1 Å². The molecule has 0 heterocycles. The lowest BCUT2D eigenvalue weighted by Crippen LogP contribution is -2.44. The van der Waals surface area contributed by atoms with Crippen LogP contribution >= 0.6 is 0 Å². The summed E-state index contributed by atoms with van der Waals surface area (Å²) in [5, 5.41) is 3.58. The van der Waals surface area contributed by atoms with Gasteiger partial charge in [-0.25, -0.2) is 0 Å². The summed E-state index contributed by atoms with van der Waals surface area (Å²) in [5.74, 6) is 1.97. The number of hydrogen-bond donors (Lipinski definition) is 1. The van der Waals surface area contributed by atoms with Crippen LogP contribution in [-0.2, 0) is 0 Å². The quantitative estimate of drug-likeness (QED) is 0.699. The molecule has 2 aliphatic rings. The predicted molar refractivity (Wildman–Crippen MR) is 74.3 cm³/mol. The molecule has 2 fully saturated rings. The topological polar surface area (TPSA) is 15.3 Å². The van der Waals surface area contributed by atoms with Crippen molar-refractivity contribution >= 4 is 0 Å². The first-order chi connectivity index (χ1) is 8.33. The van der Waals surface area contributed by atoms with Crippen LogP contribution in [0.5, 0.6) is 0 Å². The van der Waals surface area contributed by atoms with E-state index in [2.05, 4.69) is 24.2 Å². The summed E-state index contributed by atoms with van der Waals surface area (Å²) in [4.78, 5) is 2.72. The third-order valence-corrected chi connectivity index (χ3v) is 4.55. The van der Waals surface area contributed by atoms with Crippen molar-refractivity contribution in [3.8, 4) is 0 Å². The molecule has 2 saturated carbocycles. The molecule has 0 saturated heterocycles. The Morgan fingerprint density at radius 2 is 1.88 bits per heavy atom. The molecule has 0 aromatic rings. The summed E-state index contributed by atoms with van der Waals surface area (Å²) in [6, 6.07) is 0.739. The maximum absolute atomic E-state index is 3.58. The number of likely N-dealkylation sites (N-methyl/N-ethyl adjacent to an activating group) is 1. The van der Waals surface area contributed by atoms with E-state index in [4.69, 9.17) is 0 Å². The molecule has 1 atom stereocenters.